The Labute approximate surface area is 58.3 Å². The highest BCUT2D eigenvalue weighted by atomic mass is 16.5. The van der Waals surface area contributed by atoms with Gasteiger partial charge in [-0.1, -0.05) is 6.92 Å². The highest BCUT2D eigenvalue weighted by molar-refractivity contribution is 5.69. The third-order valence-corrected chi connectivity index (χ3v) is 1.02. The summed E-state index contributed by atoms with van der Waals surface area (Å²) in [6.07, 6.45) is 0.0419. The Bertz CT molecular complexity index is 123. The van der Waals surface area contributed by atoms with E-state index in [9.17, 15) is 4.79 Å². The number of aliphatic hydroxyl groups is 2. The molecule has 10 heavy (non-hydrogen) atoms. The fourth-order valence-corrected chi connectivity index (χ4v) is 0.342. The molecule has 0 saturated carbocycles. The molecule has 60 valence electrons. The predicted molar refractivity (Wildman–Crippen MR) is 33.1 cm³/mol. The van der Waals surface area contributed by atoms with Crippen LogP contribution in [0.5, 0.6) is 0 Å². The van der Waals surface area contributed by atoms with Crippen molar-refractivity contribution in [2.75, 3.05) is 6.54 Å². The van der Waals surface area contributed by atoms with Crippen LogP contribution >= 0.6 is 0 Å². The van der Waals surface area contributed by atoms with Crippen LogP contribution in [-0.2, 0) is 4.79 Å². The molecule has 0 fully saturated rings. The van der Waals surface area contributed by atoms with E-state index < -0.39 is 18.4 Å². The van der Waals surface area contributed by atoms with E-state index in [4.69, 9.17) is 15.3 Å². The van der Waals surface area contributed by atoms with E-state index in [-0.39, 0.29) is 6.42 Å². The minimum absolute atomic E-state index is 0.0419. The van der Waals surface area contributed by atoms with Crippen LogP contribution in [-0.4, -0.2) is 33.7 Å². The zero-order chi connectivity index (χ0) is 8.20. The lowest BCUT2D eigenvalue weighted by atomic mass is 10.3. The molecule has 0 atom stereocenters. The van der Waals surface area contributed by atoms with Crippen LogP contribution < -0.4 is 5.32 Å². The summed E-state index contributed by atoms with van der Waals surface area (Å²) in [4.78, 5) is 9.88. The first-order valence-corrected chi connectivity index (χ1v) is 2.89. The molecule has 0 aliphatic heterocycles. The van der Waals surface area contributed by atoms with Crippen molar-refractivity contribution in [3.8, 4) is 0 Å². The van der Waals surface area contributed by atoms with Crippen LogP contribution in [0.1, 0.15) is 13.3 Å². The quantitative estimate of drug-likeness (QED) is 0.373. The highest BCUT2D eigenvalue weighted by Gasteiger charge is 2.19. The van der Waals surface area contributed by atoms with Crippen molar-refractivity contribution in [1.29, 1.82) is 0 Å². The maximum absolute atomic E-state index is 9.88. The van der Waals surface area contributed by atoms with E-state index in [0.29, 0.717) is 0 Å². The lowest BCUT2D eigenvalue weighted by molar-refractivity contribution is -0.189. The molecule has 0 aromatic carbocycles. The first-order valence-electron chi connectivity index (χ1n) is 2.89. The van der Waals surface area contributed by atoms with Gasteiger partial charge in [-0.05, 0) is 0 Å². The standard InChI is InChI=1S/C5H11NO4/c1-2-5(9,10)6-3-4(7)8/h6,9-10H,2-3H2,1H3,(H,7,8). The first-order chi connectivity index (χ1) is 4.48. The van der Waals surface area contributed by atoms with E-state index >= 15 is 0 Å². The first kappa shape index (κ1) is 9.35. The number of carboxylic acid groups (broad SMARTS) is 1. The molecule has 0 aliphatic rings. The van der Waals surface area contributed by atoms with Gasteiger partial charge in [-0.15, -0.1) is 0 Å². The Morgan fingerprint density at radius 1 is 1.60 bits per heavy atom. The Morgan fingerprint density at radius 2 is 2.10 bits per heavy atom. The summed E-state index contributed by atoms with van der Waals surface area (Å²) in [6.45, 7) is 1.07. The SMILES string of the molecule is CCC(O)(O)NCC(=O)O. The highest BCUT2D eigenvalue weighted by Crippen LogP contribution is 1.97. The smallest absolute Gasteiger partial charge is 0.317 e. The summed E-state index contributed by atoms with van der Waals surface area (Å²) < 4.78 is 0. The van der Waals surface area contributed by atoms with Crippen molar-refractivity contribution >= 4 is 5.97 Å². The molecule has 0 aliphatic carbocycles. The van der Waals surface area contributed by atoms with Crippen LogP contribution in [0.25, 0.3) is 0 Å². The Morgan fingerprint density at radius 3 is 2.40 bits per heavy atom. The van der Waals surface area contributed by atoms with Gasteiger partial charge in [0.2, 0.25) is 5.91 Å². The lowest BCUT2D eigenvalue weighted by Crippen LogP contribution is -2.46. The van der Waals surface area contributed by atoms with Crippen molar-refractivity contribution in [2.45, 2.75) is 19.3 Å². The molecule has 4 N–H and O–H groups in total. The molecule has 0 bridgehead atoms. The Kier molecular flexibility index (Phi) is 3.27. The average Bonchev–Trinajstić information content (AvgIpc) is 1.85. The number of carboxylic acids is 1. The van der Waals surface area contributed by atoms with E-state index in [1.54, 1.807) is 0 Å². The lowest BCUT2D eigenvalue weighted by Gasteiger charge is -2.19. The summed E-state index contributed by atoms with van der Waals surface area (Å²) in [7, 11) is 0. The second-order valence-electron chi connectivity index (χ2n) is 1.92. The van der Waals surface area contributed by atoms with Crippen LogP contribution in [0.3, 0.4) is 0 Å². The largest absolute Gasteiger partial charge is 0.480 e. The van der Waals surface area contributed by atoms with Gasteiger partial charge < -0.3 is 15.3 Å². The third kappa shape index (κ3) is 4.25. The second kappa shape index (κ2) is 3.50. The number of rotatable bonds is 4. The Balaban J connectivity index is 3.56. The fourth-order valence-electron chi connectivity index (χ4n) is 0.342. The molecule has 5 heteroatoms. The van der Waals surface area contributed by atoms with Crippen LogP contribution in [0.15, 0.2) is 0 Å². The van der Waals surface area contributed by atoms with Crippen LogP contribution in [0.4, 0.5) is 0 Å². The van der Waals surface area contributed by atoms with Crippen LogP contribution in [0.2, 0.25) is 0 Å². The average molecular weight is 149 g/mol. The number of nitrogens with one attached hydrogen (secondary N) is 1. The maximum Gasteiger partial charge on any atom is 0.317 e. The summed E-state index contributed by atoms with van der Waals surface area (Å²) in [5.74, 6) is -3.18. The normalized spacial score (nSPS) is 11.5. The summed E-state index contributed by atoms with van der Waals surface area (Å²) in [5.41, 5.74) is 0. The molecule has 0 amide bonds. The van der Waals surface area contributed by atoms with Crippen molar-refractivity contribution in [2.24, 2.45) is 0 Å². The maximum atomic E-state index is 9.88. The van der Waals surface area contributed by atoms with Crippen molar-refractivity contribution < 1.29 is 20.1 Å². The zero-order valence-corrected chi connectivity index (χ0v) is 5.66. The minimum atomic E-state index is -2.06. The van der Waals surface area contributed by atoms with Gasteiger partial charge in [0, 0.05) is 6.42 Å². The van der Waals surface area contributed by atoms with Crippen molar-refractivity contribution in [1.82, 2.24) is 5.32 Å². The van der Waals surface area contributed by atoms with Gasteiger partial charge in [-0.25, -0.2) is 0 Å². The molecule has 0 heterocycles. The molecule has 0 spiro atoms. The second-order valence-corrected chi connectivity index (χ2v) is 1.92. The zero-order valence-electron chi connectivity index (χ0n) is 5.66. The molecular weight excluding hydrogens is 138 g/mol. The van der Waals surface area contributed by atoms with Gasteiger partial charge in [0.1, 0.15) is 0 Å². The number of carbonyl (C=O) groups is 1. The van der Waals surface area contributed by atoms with E-state index in [0.717, 1.165) is 0 Å². The van der Waals surface area contributed by atoms with Crippen LogP contribution in [0, 0.1) is 0 Å². The summed E-state index contributed by atoms with van der Waals surface area (Å²) in [5, 5.41) is 27.6. The topological polar surface area (TPSA) is 89.8 Å². The molecule has 0 aromatic rings. The molecule has 0 radical (unpaired) electrons. The molecule has 5 nitrogen and oxygen atoms in total. The number of hydrogen-bond donors (Lipinski definition) is 4. The van der Waals surface area contributed by atoms with Gasteiger partial charge in [0.05, 0.1) is 6.54 Å². The molecular formula is C5H11NO4. The fraction of sp³-hybridized carbons (Fsp3) is 0.800. The van der Waals surface area contributed by atoms with Gasteiger partial charge >= 0.3 is 5.97 Å². The molecule has 0 unspecified atom stereocenters. The monoisotopic (exact) mass is 149 g/mol. The van der Waals surface area contributed by atoms with E-state index in [2.05, 4.69) is 0 Å². The van der Waals surface area contributed by atoms with E-state index in [1.807, 2.05) is 5.32 Å². The van der Waals surface area contributed by atoms with Gasteiger partial charge in [-0.2, -0.15) is 0 Å². The predicted octanol–water partition coefficient (Wildman–Crippen LogP) is -1.29. The minimum Gasteiger partial charge on any atom is -0.480 e. The van der Waals surface area contributed by atoms with Crippen molar-refractivity contribution in [3.05, 3.63) is 0 Å². The molecule has 0 saturated heterocycles. The Hall–Kier alpha value is -0.650. The summed E-state index contributed by atoms with van der Waals surface area (Å²) >= 11 is 0. The number of hydrogen-bond acceptors (Lipinski definition) is 4. The third-order valence-electron chi connectivity index (χ3n) is 1.02. The molecule has 0 rings (SSSR count). The number of aliphatic carboxylic acids is 1. The van der Waals surface area contributed by atoms with Crippen molar-refractivity contribution in [3.63, 3.8) is 0 Å². The van der Waals surface area contributed by atoms with Gasteiger partial charge in [0.25, 0.3) is 0 Å². The van der Waals surface area contributed by atoms with Gasteiger partial charge in [-0.3, -0.25) is 10.1 Å². The molecule has 0 aromatic heterocycles. The van der Waals surface area contributed by atoms with E-state index in [1.165, 1.54) is 6.92 Å². The van der Waals surface area contributed by atoms with Gasteiger partial charge in [0.15, 0.2) is 0 Å². The summed E-state index contributed by atoms with van der Waals surface area (Å²) in [6, 6.07) is 0.